The number of carbonyl (C=O) groups excluding carboxylic acids is 1. The summed E-state index contributed by atoms with van der Waals surface area (Å²) in [6.07, 6.45) is 0. The normalized spacial score (nSPS) is 11.7. The number of likely N-dealkylation sites (N-methyl/N-ethyl adjacent to an activating group) is 1. The lowest BCUT2D eigenvalue weighted by molar-refractivity contribution is -0.128. The fourth-order valence-electron chi connectivity index (χ4n) is 2.18. The Bertz CT molecular complexity index is 570. The molecule has 0 atom stereocenters. The maximum absolute atomic E-state index is 11.8. The van der Waals surface area contributed by atoms with Crippen molar-refractivity contribution in [2.24, 2.45) is 10.4 Å². The fraction of sp³-hybridized carbons (Fsp3) is 0.556. The van der Waals surface area contributed by atoms with Crippen LogP contribution in [0, 0.1) is 5.41 Å². The van der Waals surface area contributed by atoms with E-state index in [1.54, 1.807) is 21.2 Å². The van der Waals surface area contributed by atoms with Crippen LogP contribution in [0.4, 0.5) is 0 Å². The Morgan fingerprint density at radius 3 is 2.36 bits per heavy atom. The van der Waals surface area contributed by atoms with E-state index in [1.165, 1.54) is 0 Å². The van der Waals surface area contributed by atoms with Gasteiger partial charge in [-0.05, 0) is 38.1 Å². The highest BCUT2D eigenvalue weighted by molar-refractivity contribution is 5.84. The van der Waals surface area contributed by atoms with E-state index in [0.717, 1.165) is 17.5 Å². The predicted molar refractivity (Wildman–Crippen MR) is 100 cm³/mol. The molecule has 0 aromatic heterocycles. The number of rotatable bonds is 8. The topological polar surface area (TPSA) is 75.2 Å². The van der Waals surface area contributed by atoms with E-state index in [9.17, 15) is 4.79 Å². The van der Waals surface area contributed by atoms with Crippen LogP contribution in [0.25, 0.3) is 0 Å². The minimum Gasteiger partial charge on any atom is -0.497 e. The fourth-order valence-corrected chi connectivity index (χ4v) is 2.18. The lowest BCUT2D eigenvalue weighted by Gasteiger charge is -2.27. The minimum absolute atomic E-state index is 0.0130. The van der Waals surface area contributed by atoms with Crippen molar-refractivity contribution in [3.05, 3.63) is 24.3 Å². The number of hydrogen-bond donors (Lipinski definition) is 2. The van der Waals surface area contributed by atoms with Crippen LogP contribution in [-0.4, -0.2) is 64.7 Å². The van der Waals surface area contributed by atoms with Crippen LogP contribution in [0.1, 0.15) is 13.8 Å². The number of aliphatic imine (C=N–C) groups is 1. The first-order valence-corrected chi connectivity index (χ1v) is 8.25. The van der Waals surface area contributed by atoms with Crippen LogP contribution in [0.15, 0.2) is 29.3 Å². The average Bonchev–Trinajstić information content (AvgIpc) is 2.61. The van der Waals surface area contributed by atoms with Gasteiger partial charge in [-0.3, -0.25) is 9.79 Å². The van der Waals surface area contributed by atoms with Gasteiger partial charge in [0.15, 0.2) is 5.96 Å². The number of amides is 1. The highest BCUT2D eigenvalue weighted by atomic mass is 16.5. The standard InChI is InChI=1S/C18H30N4O3/c1-18(2,16(23)19-3)13-21-17(20-4)22(5)11-12-25-15-9-7-14(24-6)8-10-15/h7-10H,11-13H2,1-6H3,(H,19,23)(H,20,21). The molecule has 0 spiro atoms. The molecule has 1 amide bonds. The number of ether oxygens (including phenoxy) is 2. The van der Waals surface area contributed by atoms with E-state index in [2.05, 4.69) is 15.6 Å². The van der Waals surface area contributed by atoms with Gasteiger partial charge in [0.1, 0.15) is 18.1 Å². The van der Waals surface area contributed by atoms with Crippen LogP contribution in [-0.2, 0) is 4.79 Å². The van der Waals surface area contributed by atoms with Crippen LogP contribution in [0.5, 0.6) is 11.5 Å². The summed E-state index contributed by atoms with van der Waals surface area (Å²) in [5, 5.41) is 5.91. The molecule has 0 aliphatic carbocycles. The monoisotopic (exact) mass is 350 g/mol. The molecular formula is C18H30N4O3. The van der Waals surface area contributed by atoms with Crippen molar-refractivity contribution in [2.75, 3.05) is 47.9 Å². The summed E-state index contributed by atoms with van der Waals surface area (Å²) in [5.41, 5.74) is -0.523. The second-order valence-corrected chi connectivity index (χ2v) is 6.31. The molecule has 1 rings (SSSR count). The summed E-state index contributed by atoms with van der Waals surface area (Å²) >= 11 is 0. The molecule has 0 heterocycles. The first kappa shape index (κ1) is 20.6. The lowest BCUT2D eigenvalue weighted by Crippen LogP contribution is -2.48. The average molecular weight is 350 g/mol. The molecule has 2 N–H and O–H groups in total. The van der Waals surface area contributed by atoms with Crippen molar-refractivity contribution in [2.45, 2.75) is 13.8 Å². The third-order valence-electron chi connectivity index (χ3n) is 3.86. The van der Waals surface area contributed by atoms with Gasteiger partial charge in [0.25, 0.3) is 0 Å². The van der Waals surface area contributed by atoms with Gasteiger partial charge in [-0.2, -0.15) is 0 Å². The Labute approximate surface area is 150 Å². The second kappa shape index (κ2) is 9.76. The zero-order valence-electron chi connectivity index (χ0n) is 16.0. The predicted octanol–water partition coefficient (Wildman–Crippen LogP) is 1.35. The van der Waals surface area contributed by atoms with Crippen molar-refractivity contribution in [3.8, 4) is 11.5 Å². The van der Waals surface area contributed by atoms with Gasteiger partial charge in [0.2, 0.25) is 5.91 Å². The summed E-state index contributed by atoms with van der Waals surface area (Å²) < 4.78 is 10.8. The lowest BCUT2D eigenvalue weighted by atomic mass is 9.92. The maximum atomic E-state index is 11.8. The largest absolute Gasteiger partial charge is 0.497 e. The van der Waals surface area contributed by atoms with Crippen molar-refractivity contribution in [3.63, 3.8) is 0 Å². The maximum Gasteiger partial charge on any atom is 0.227 e. The van der Waals surface area contributed by atoms with E-state index in [1.807, 2.05) is 50.1 Å². The SMILES string of the molecule is CN=C(NCC(C)(C)C(=O)NC)N(C)CCOc1ccc(OC)cc1. The summed E-state index contributed by atoms with van der Waals surface area (Å²) in [7, 11) is 6.92. The number of nitrogens with zero attached hydrogens (tertiary/aromatic N) is 2. The van der Waals surface area contributed by atoms with Crippen molar-refractivity contribution in [1.29, 1.82) is 0 Å². The van der Waals surface area contributed by atoms with Crippen LogP contribution in [0.3, 0.4) is 0 Å². The van der Waals surface area contributed by atoms with Gasteiger partial charge in [-0.1, -0.05) is 0 Å². The van der Waals surface area contributed by atoms with Crippen LogP contribution < -0.4 is 20.1 Å². The van der Waals surface area contributed by atoms with Gasteiger partial charge in [-0.15, -0.1) is 0 Å². The zero-order chi connectivity index (χ0) is 18.9. The summed E-state index contributed by atoms with van der Waals surface area (Å²) in [4.78, 5) is 18.1. The van der Waals surface area contributed by atoms with E-state index in [4.69, 9.17) is 9.47 Å². The van der Waals surface area contributed by atoms with Gasteiger partial charge in [0.05, 0.1) is 19.1 Å². The highest BCUT2D eigenvalue weighted by Crippen LogP contribution is 2.17. The van der Waals surface area contributed by atoms with Crippen molar-refractivity contribution in [1.82, 2.24) is 15.5 Å². The quantitative estimate of drug-likeness (QED) is 0.547. The number of methoxy groups -OCH3 is 1. The first-order chi connectivity index (χ1) is 11.8. The molecule has 0 unspecified atom stereocenters. The Morgan fingerprint density at radius 1 is 1.24 bits per heavy atom. The van der Waals surface area contributed by atoms with E-state index in [0.29, 0.717) is 19.7 Å². The summed E-state index contributed by atoms with van der Waals surface area (Å²) in [5.74, 6) is 2.29. The molecule has 0 saturated heterocycles. The Kier molecular flexibility index (Phi) is 8.04. The van der Waals surface area contributed by atoms with Gasteiger partial charge < -0.3 is 25.0 Å². The summed E-state index contributed by atoms with van der Waals surface area (Å²) in [6.45, 7) is 5.44. The molecule has 0 aliphatic rings. The summed E-state index contributed by atoms with van der Waals surface area (Å²) in [6, 6.07) is 7.47. The Morgan fingerprint density at radius 2 is 1.84 bits per heavy atom. The third kappa shape index (κ3) is 6.52. The molecule has 140 valence electrons. The number of benzene rings is 1. The van der Waals surface area contributed by atoms with Crippen LogP contribution in [0.2, 0.25) is 0 Å². The highest BCUT2D eigenvalue weighted by Gasteiger charge is 2.27. The molecule has 0 radical (unpaired) electrons. The molecule has 1 aromatic carbocycles. The van der Waals surface area contributed by atoms with Gasteiger partial charge in [0, 0.05) is 27.7 Å². The third-order valence-corrected chi connectivity index (χ3v) is 3.86. The number of carbonyl (C=O) groups is 1. The van der Waals surface area contributed by atoms with Gasteiger partial charge in [-0.25, -0.2) is 0 Å². The van der Waals surface area contributed by atoms with Crippen molar-refractivity contribution >= 4 is 11.9 Å². The molecule has 7 nitrogen and oxygen atoms in total. The molecule has 0 aliphatic heterocycles. The molecule has 0 fully saturated rings. The number of nitrogens with one attached hydrogen (secondary N) is 2. The zero-order valence-corrected chi connectivity index (χ0v) is 16.0. The molecule has 0 bridgehead atoms. The molecular weight excluding hydrogens is 320 g/mol. The number of hydrogen-bond acceptors (Lipinski definition) is 4. The van der Waals surface area contributed by atoms with E-state index < -0.39 is 5.41 Å². The van der Waals surface area contributed by atoms with Crippen LogP contribution >= 0.6 is 0 Å². The molecule has 7 heteroatoms. The number of guanidine groups is 1. The first-order valence-electron chi connectivity index (χ1n) is 8.25. The molecule has 25 heavy (non-hydrogen) atoms. The molecule has 1 aromatic rings. The van der Waals surface area contributed by atoms with Gasteiger partial charge >= 0.3 is 0 Å². The minimum atomic E-state index is -0.523. The second-order valence-electron chi connectivity index (χ2n) is 6.31. The van der Waals surface area contributed by atoms with Crippen molar-refractivity contribution < 1.29 is 14.3 Å². The Balaban J connectivity index is 2.45. The smallest absolute Gasteiger partial charge is 0.227 e. The molecule has 0 saturated carbocycles. The van der Waals surface area contributed by atoms with E-state index >= 15 is 0 Å². The Hall–Kier alpha value is -2.44. The van der Waals surface area contributed by atoms with E-state index in [-0.39, 0.29) is 5.91 Å².